The second-order valence-corrected chi connectivity index (χ2v) is 5.41. The molecular formula is C13H11N3O5. The Hall–Kier alpha value is -2.29. The van der Waals surface area contributed by atoms with Crippen LogP contribution >= 0.6 is 0 Å². The number of nitrogens with one attached hydrogen (secondary N) is 3. The van der Waals surface area contributed by atoms with Gasteiger partial charge in [-0.15, -0.1) is 0 Å². The number of carbonyl (C=O) groups excluding carboxylic acids is 3. The molecule has 8 nitrogen and oxygen atoms in total. The van der Waals surface area contributed by atoms with Crippen LogP contribution in [0, 0.1) is 5.92 Å². The number of rotatable bonds is 0. The second-order valence-electron chi connectivity index (χ2n) is 5.41. The fourth-order valence-corrected chi connectivity index (χ4v) is 3.50. The molecule has 0 radical (unpaired) electrons. The Morgan fingerprint density at radius 2 is 1.81 bits per heavy atom. The summed E-state index contributed by atoms with van der Waals surface area (Å²) in [4.78, 5) is 35.9. The maximum absolute atomic E-state index is 12.5. The molecule has 2 fully saturated rings. The molecule has 1 aromatic rings. The van der Waals surface area contributed by atoms with E-state index >= 15 is 0 Å². The first-order chi connectivity index (χ1) is 9.89. The summed E-state index contributed by atoms with van der Waals surface area (Å²) in [7, 11) is 0. The highest BCUT2D eigenvalue weighted by molar-refractivity contribution is 6.13. The number of Topliss-reactive ketones (excluding diaryl/α,β-unsaturated/α-hetero) is 1. The second kappa shape index (κ2) is 3.48. The SMILES string of the molecule is O=C1NC(=O)C2C(N1)NC1(O)c3ccccc3C(=O)C21O. The molecule has 2 saturated heterocycles. The largest absolute Gasteiger partial charge is 0.376 e. The minimum atomic E-state index is -2.36. The lowest BCUT2D eigenvalue weighted by Crippen LogP contribution is -2.64. The van der Waals surface area contributed by atoms with Crippen LogP contribution in [-0.4, -0.2) is 39.7 Å². The highest BCUT2D eigenvalue weighted by Crippen LogP contribution is 2.51. The molecule has 0 spiro atoms. The van der Waals surface area contributed by atoms with E-state index < -0.39 is 41.1 Å². The molecule has 4 atom stereocenters. The molecular weight excluding hydrogens is 278 g/mol. The topological polar surface area (TPSA) is 128 Å². The summed E-state index contributed by atoms with van der Waals surface area (Å²) in [6.07, 6.45) is -1.03. The van der Waals surface area contributed by atoms with Crippen LogP contribution in [0.4, 0.5) is 4.79 Å². The van der Waals surface area contributed by atoms with Crippen LogP contribution < -0.4 is 16.0 Å². The van der Waals surface area contributed by atoms with E-state index in [4.69, 9.17) is 0 Å². The van der Waals surface area contributed by atoms with Gasteiger partial charge in [-0.1, -0.05) is 24.3 Å². The standard InChI is InChI=1S/C13H11N3O5/c17-8-5-3-1-2-4-6(5)13(21)12(8,20)7-9(16-13)14-11(19)15-10(7)18/h1-4,7,9,16,20-21H,(H2,14,15,18,19). The van der Waals surface area contributed by atoms with E-state index in [0.29, 0.717) is 0 Å². The average molecular weight is 289 g/mol. The summed E-state index contributed by atoms with van der Waals surface area (Å²) in [5.41, 5.74) is -4.14. The highest BCUT2D eigenvalue weighted by Gasteiger charge is 2.75. The van der Waals surface area contributed by atoms with Gasteiger partial charge in [-0.3, -0.25) is 20.2 Å². The third-order valence-electron chi connectivity index (χ3n) is 4.41. The van der Waals surface area contributed by atoms with Gasteiger partial charge in [-0.05, 0) is 0 Å². The molecule has 3 amide bonds. The van der Waals surface area contributed by atoms with Crippen molar-refractivity contribution in [2.75, 3.05) is 0 Å². The van der Waals surface area contributed by atoms with Crippen LogP contribution in [0.15, 0.2) is 24.3 Å². The van der Waals surface area contributed by atoms with E-state index in [1.165, 1.54) is 12.1 Å². The van der Waals surface area contributed by atoms with Gasteiger partial charge in [0, 0.05) is 11.1 Å². The predicted molar refractivity (Wildman–Crippen MR) is 66.7 cm³/mol. The summed E-state index contributed by atoms with van der Waals surface area (Å²) < 4.78 is 0. The van der Waals surface area contributed by atoms with Gasteiger partial charge in [0.05, 0.1) is 6.17 Å². The molecule has 4 unspecified atom stereocenters. The molecule has 1 aromatic carbocycles. The Labute approximate surface area is 118 Å². The summed E-state index contributed by atoms with van der Waals surface area (Å²) in [6, 6.07) is 5.43. The van der Waals surface area contributed by atoms with Crippen LogP contribution in [0.2, 0.25) is 0 Å². The van der Waals surface area contributed by atoms with Gasteiger partial charge in [-0.25, -0.2) is 4.79 Å². The van der Waals surface area contributed by atoms with Crippen molar-refractivity contribution < 1.29 is 24.6 Å². The van der Waals surface area contributed by atoms with Crippen molar-refractivity contribution in [1.82, 2.24) is 16.0 Å². The van der Waals surface area contributed by atoms with Gasteiger partial charge in [0.1, 0.15) is 5.92 Å². The van der Waals surface area contributed by atoms with Crippen LogP contribution in [0.5, 0.6) is 0 Å². The van der Waals surface area contributed by atoms with Crippen LogP contribution in [0.25, 0.3) is 0 Å². The Morgan fingerprint density at radius 1 is 1.10 bits per heavy atom. The third kappa shape index (κ3) is 1.19. The molecule has 2 aliphatic heterocycles. The minimum absolute atomic E-state index is 0.151. The first-order valence-electron chi connectivity index (χ1n) is 6.37. The van der Waals surface area contributed by atoms with Gasteiger partial charge < -0.3 is 15.5 Å². The van der Waals surface area contributed by atoms with Crippen molar-refractivity contribution in [3.8, 4) is 0 Å². The monoisotopic (exact) mass is 289 g/mol. The number of fused-ring (bicyclic) bond motifs is 5. The maximum atomic E-state index is 12.5. The van der Waals surface area contributed by atoms with Crippen molar-refractivity contribution in [2.45, 2.75) is 17.5 Å². The molecule has 0 bridgehead atoms. The molecule has 1 aliphatic carbocycles. The molecule has 0 saturated carbocycles. The maximum Gasteiger partial charge on any atom is 0.322 e. The first-order valence-corrected chi connectivity index (χ1v) is 6.37. The van der Waals surface area contributed by atoms with E-state index in [-0.39, 0.29) is 11.1 Å². The molecule has 0 aromatic heterocycles. The van der Waals surface area contributed by atoms with Crippen LogP contribution in [0.1, 0.15) is 15.9 Å². The number of carbonyl (C=O) groups is 3. The van der Waals surface area contributed by atoms with E-state index in [1.807, 2.05) is 5.32 Å². The molecule has 108 valence electrons. The highest BCUT2D eigenvalue weighted by atomic mass is 16.4. The predicted octanol–water partition coefficient (Wildman–Crippen LogP) is -1.86. The van der Waals surface area contributed by atoms with Crippen molar-refractivity contribution >= 4 is 17.7 Å². The third-order valence-corrected chi connectivity index (χ3v) is 4.41. The normalized spacial score (nSPS) is 40.2. The fraction of sp³-hybridized carbons (Fsp3) is 0.308. The smallest absolute Gasteiger partial charge is 0.322 e. The summed E-state index contributed by atoms with van der Waals surface area (Å²) >= 11 is 0. The van der Waals surface area contributed by atoms with Crippen molar-refractivity contribution in [1.29, 1.82) is 0 Å². The van der Waals surface area contributed by atoms with E-state index in [0.717, 1.165) is 0 Å². The number of benzene rings is 1. The number of urea groups is 1. The molecule has 2 heterocycles. The quantitative estimate of drug-likeness (QED) is 0.381. The van der Waals surface area contributed by atoms with Gasteiger partial charge >= 0.3 is 6.03 Å². The van der Waals surface area contributed by atoms with Gasteiger partial charge in [-0.2, -0.15) is 0 Å². The summed E-state index contributed by atoms with van der Waals surface area (Å²) in [5.74, 6) is -2.87. The molecule has 5 N–H and O–H groups in total. The number of hydrogen-bond acceptors (Lipinski definition) is 6. The molecule has 3 aliphatic rings. The zero-order valence-corrected chi connectivity index (χ0v) is 10.6. The van der Waals surface area contributed by atoms with E-state index in [9.17, 15) is 24.6 Å². The van der Waals surface area contributed by atoms with Crippen molar-refractivity contribution in [2.24, 2.45) is 5.92 Å². The number of aliphatic hydroxyl groups is 2. The van der Waals surface area contributed by atoms with Crippen molar-refractivity contribution in [3.63, 3.8) is 0 Å². The van der Waals surface area contributed by atoms with Gasteiger partial charge in [0.2, 0.25) is 11.7 Å². The summed E-state index contributed by atoms with van der Waals surface area (Å²) in [5, 5.41) is 28.7. The average Bonchev–Trinajstić information content (AvgIpc) is 2.75. The zero-order chi connectivity index (χ0) is 15.0. The van der Waals surface area contributed by atoms with Gasteiger partial charge in [0.15, 0.2) is 11.3 Å². The van der Waals surface area contributed by atoms with Crippen LogP contribution in [-0.2, 0) is 10.5 Å². The van der Waals surface area contributed by atoms with E-state index in [2.05, 4.69) is 10.6 Å². The minimum Gasteiger partial charge on any atom is -0.376 e. The lowest BCUT2D eigenvalue weighted by Gasteiger charge is -2.33. The van der Waals surface area contributed by atoms with Crippen LogP contribution in [0.3, 0.4) is 0 Å². The lowest BCUT2D eigenvalue weighted by molar-refractivity contribution is -0.148. The Kier molecular flexibility index (Phi) is 2.06. The molecule has 8 heteroatoms. The number of imide groups is 1. The molecule has 4 rings (SSSR count). The Bertz CT molecular complexity index is 720. The van der Waals surface area contributed by atoms with Gasteiger partial charge in [0.25, 0.3) is 0 Å². The number of ketones is 1. The zero-order valence-electron chi connectivity index (χ0n) is 10.6. The molecule has 21 heavy (non-hydrogen) atoms. The van der Waals surface area contributed by atoms with E-state index in [1.54, 1.807) is 12.1 Å². The Balaban J connectivity index is 1.94. The fourth-order valence-electron chi connectivity index (χ4n) is 3.50. The first kappa shape index (κ1) is 12.5. The number of hydrogen-bond donors (Lipinski definition) is 5. The summed E-state index contributed by atoms with van der Waals surface area (Å²) in [6.45, 7) is 0. The number of amides is 3. The lowest BCUT2D eigenvalue weighted by atomic mass is 9.80. The Morgan fingerprint density at radius 3 is 2.57 bits per heavy atom. The van der Waals surface area contributed by atoms with Crippen molar-refractivity contribution in [3.05, 3.63) is 35.4 Å².